The van der Waals surface area contributed by atoms with E-state index in [1.165, 1.54) is 18.2 Å². The smallest absolute Gasteiger partial charge is 0.405 e. The maximum absolute atomic E-state index is 12.2. The predicted molar refractivity (Wildman–Crippen MR) is 58.9 cm³/mol. The van der Waals surface area contributed by atoms with Crippen LogP contribution < -0.4 is 4.74 Å². The molecule has 18 heavy (non-hydrogen) atoms. The molecule has 0 aliphatic rings. The Hall–Kier alpha value is -1.27. The van der Waals surface area contributed by atoms with Crippen LogP contribution >= 0.6 is 0 Å². The van der Waals surface area contributed by atoms with Gasteiger partial charge in [-0.3, -0.25) is 0 Å². The molecular weight excluding hydrogens is 249 g/mol. The van der Waals surface area contributed by atoms with Crippen molar-refractivity contribution in [1.82, 2.24) is 0 Å². The van der Waals surface area contributed by atoms with Gasteiger partial charge in [0.05, 0.1) is 6.10 Å². The molecule has 0 spiro atoms. The van der Waals surface area contributed by atoms with E-state index in [2.05, 4.69) is 4.74 Å². The molecule has 0 fully saturated rings. The minimum Gasteiger partial charge on any atom is -0.405 e. The Morgan fingerprint density at radius 2 is 1.67 bits per heavy atom. The van der Waals surface area contributed by atoms with Crippen molar-refractivity contribution < 1.29 is 28.1 Å². The summed E-state index contributed by atoms with van der Waals surface area (Å²) >= 11 is 0. The summed E-state index contributed by atoms with van der Waals surface area (Å²) in [5.41, 5.74) is -0.0870. The Morgan fingerprint density at radius 1 is 1.11 bits per heavy atom. The average Bonchev–Trinajstić information content (AvgIpc) is 2.25. The molecule has 2 N–H and O–H groups in total. The first kappa shape index (κ1) is 14.8. The number of rotatable bonds is 4. The second kappa shape index (κ2) is 5.58. The van der Waals surface area contributed by atoms with Crippen LogP contribution in [0.15, 0.2) is 24.3 Å². The number of benzene rings is 1. The van der Waals surface area contributed by atoms with Crippen LogP contribution in [0.4, 0.5) is 13.2 Å². The summed E-state index contributed by atoms with van der Waals surface area (Å²) in [6.45, 7) is 3.31. The van der Waals surface area contributed by atoms with Gasteiger partial charge in [-0.1, -0.05) is 32.0 Å². The molecule has 0 aliphatic heterocycles. The van der Waals surface area contributed by atoms with Gasteiger partial charge in [0, 0.05) is 5.56 Å². The molecule has 2 atom stereocenters. The number of aliphatic hydroxyl groups is 2. The highest BCUT2D eigenvalue weighted by Gasteiger charge is 2.34. The van der Waals surface area contributed by atoms with E-state index < -0.39 is 24.3 Å². The molecule has 0 aliphatic carbocycles. The highest BCUT2D eigenvalue weighted by molar-refractivity contribution is 5.35. The van der Waals surface area contributed by atoms with Crippen molar-refractivity contribution in [3.63, 3.8) is 0 Å². The Morgan fingerprint density at radius 3 is 2.17 bits per heavy atom. The molecule has 0 saturated heterocycles. The van der Waals surface area contributed by atoms with E-state index >= 15 is 0 Å². The number of halogens is 3. The first-order chi connectivity index (χ1) is 8.22. The third kappa shape index (κ3) is 3.89. The van der Waals surface area contributed by atoms with Crippen LogP contribution in [0.1, 0.15) is 25.5 Å². The topological polar surface area (TPSA) is 49.7 Å². The van der Waals surface area contributed by atoms with Crippen LogP contribution in [0.3, 0.4) is 0 Å². The molecular formula is C12H15F3O3. The van der Waals surface area contributed by atoms with Gasteiger partial charge in [0.2, 0.25) is 0 Å². The number of ether oxygens (including phenoxy) is 1. The Balaban J connectivity index is 3.01. The summed E-state index contributed by atoms with van der Waals surface area (Å²) in [5, 5.41) is 19.5. The maximum Gasteiger partial charge on any atom is 0.573 e. The van der Waals surface area contributed by atoms with Crippen molar-refractivity contribution in [2.75, 3.05) is 0 Å². The summed E-state index contributed by atoms with van der Waals surface area (Å²) in [7, 11) is 0. The van der Waals surface area contributed by atoms with Crippen LogP contribution in [-0.2, 0) is 0 Å². The molecule has 1 aromatic rings. The number of aliphatic hydroxyl groups excluding tert-OH is 2. The third-order valence-corrected chi connectivity index (χ3v) is 2.47. The molecule has 1 aromatic carbocycles. The second-order valence-electron chi connectivity index (χ2n) is 4.27. The van der Waals surface area contributed by atoms with Gasteiger partial charge in [-0.05, 0) is 12.0 Å². The predicted octanol–water partition coefficient (Wildman–Crippen LogP) is 2.64. The maximum atomic E-state index is 12.2. The second-order valence-corrected chi connectivity index (χ2v) is 4.27. The van der Waals surface area contributed by atoms with Crippen molar-refractivity contribution in [2.45, 2.75) is 32.4 Å². The summed E-state index contributed by atoms with van der Waals surface area (Å²) in [5.74, 6) is -0.795. The molecule has 3 nitrogen and oxygen atoms in total. The van der Waals surface area contributed by atoms with E-state index in [1.54, 1.807) is 13.8 Å². The highest BCUT2D eigenvalue weighted by Crippen LogP contribution is 2.32. The fourth-order valence-electron chi connectivity index (χ4n) is 1.49. The van der Waals surface area contributed by atoms with Crippen LogP contribution in [0.5, 0.6) is 5.75 Å². The van der Waals surface area contributed by atoms with E-state index in [9.17, 15) is 23.4 Å². The van der Waals surface area contributed by atoms with Gasteiger partial charge < -0.3 is 14.9 Å². The van der Waals surface area contributed by atoms with Crippen LogP contribution in [0.2, 0.25) is 0 Å². The molecule has 0 heterocycles. The number of para-hydroxylation sites is 1. The lowest BCUT2D eigenvalue weighted by atomic mass is 9.95. The summed E-state index contributed by atoms with van der Waals surface area (Å²) < 4.78 is 40.3. The van der Waals surface area contributed by atoms with Crippen LogP contribution in [0.25, 0.3) is 0 Å². The molecule has 0 amide bonds. The molecule has 0 aromatic heterocycles. The van der Waals surface area contributed by atoms with Crippen molar-refractivity contribution in [3.05, 3.63) is 29.8 Å². The van der Waals surface area contributed by atoms with Crippen molar-refractivity contribution in [3.8, 4) is 5.75 Å². The summed E-state index contributed by atoms with van der Waals surface area (Å²) in [4.78, 5) is 0. The highest BCUT2D eigenvalue weighted by atomic mass is 19.4. The van der Waals surface area contributed by atoms with Gasteiger partial charge in [0.25, 0.3) is 0 Å². The van der Waals surface area contributed by atoms with Gasteiger partial charge in [-0.15, -0.1) is 13.2 Å². The zero-order valence-electron chi connectivity index (χ0n) is 9.98. The van der Waals surface area contributed by atoms with Gasteiger partial charge in [0.1, 0.15) is 11.9 Å². The van der Waals surface area contributed by atoms with E-state index in [0.29, 0.717) is 0 Å². The van der Waals surface area contributed by atoms with Gasteiger partial charge in [-0.2, -0.15) is 0 Å². The molecule has 102 valence electrons. The fraction of sp³-hybridized carbons (Fsp3) is 0.500. The first-order valence-corrected chi connectivity index (χ1v) is 5.43. The molecule has 6 heteroatoms. The quantitative estimate of drug-likeness (QED) is 0.879. The lowest BCUT2D eigenvalue weighted by Crippen LogP contribution is -2.25. The number of hydrogen-bond donors (Lipinski definition) is 2. The largest absolute Gasteiger partial charge is 0.573 e. The monoisotopic (exact) mass is 264 g/mol. The lowest BCUT2D eigenvalue weighted by Gasteiger charge is -2.23. The average molecular weight is 264 g/mol. The van der Waals surface area contributed by atoms with Crippen molar-refractivity contribution in [2.24, 2.45) is 5.92 Å². The van der Waals surface area contributed by atoms with Gasteiger partial charge >= 0.3 is 6.36 Å². The minimum absolute atomic E-state index is 0.0870. The van der Waals surface area contributed by atoms with E-state index in [-0.39, 0.29) is 11.5 Å². The molecule has 2 unspecified atom stereocenters. The lowest BCUT2D eigenvalue weighted by molar-refractivity contribution is -0.275. The van der Waals surface area contributed by atoms with E-state index in [1.807, 2.05) is 0 Å². The van der Waals surface area contributed by atoms with Gasteiger partial charge in [0.15, 0.2) is 0 Å². The zero-order chi connectivity index (χ0) is 13.9. The molecule has 0 radical (unpaired) electrons. The molecule has 1 rings (SSSR count). The first-order valence-electron chi connectivity index (χ1n) is 5.43. The summed E-state index contributed by atoms with van der Waals surface area (Å²) in [6, 6.07) is 5.21. The SMILES string of the molecule is CC(C)C(O)C(O)c1ccccc1OC(F)(F)F. The molecule has 0 bridgehead atoms. The zero-order valence-corrected chi connectivity index (χ0v) is 9.98. The Labute approximate surface area is 103 Å². The van der Waals surface area contributed by atoms with E-state index in [4.69, 9.17) is 0 Å². The van der Waals surface area contributed by atoms with Crippen LogP contribution in [0, 0.1) is 5.92 Å². The Kier molecular flexibility index (Phi) is 4.59. The van der Waals surface area contributed by atoms with Gasteiger partial charge in [-0.25, -0.2) is 0 Å². The minimum atomic E-state index is -4.83. The fourth-order valence-corrected chi connectivity index (χ4v) is 1.49. The van der Waals surface area contributed by atoms with Crippen molar-refractivity contribution >= 4 is 0 Å². The summed E-state index contributed by atoms with van der Waals surface area (Å²) in [6.07, 6.45) is -7.43. The van der Waals surface area contributed by atoms with Crippen molar-refractivity contribution in [1.29, 1.82) is 0 Å². The van der Waals surface area contributed by atoms with Crippen LogP contribution in [-0.4, -0.2) is 22.7 Å². The Bertz CT molecular complexity index is 390. The normalized spacial score (nSPS) is 15.6. The third-order valence-electron chi connectivity index (χ3n) is 2.47. The standard InChI is InChI=1S/C12H15F3O3/c1-7(2)10(16)11(17)8-5-3-4-6-9(8)18-12(13,14)15/h3-7,10-11,16-17H,1-2H3. The molecule has 0 saturated carbocycles. The van der Waals surface area contributed by atoms with E-state index in [0.717, 1.165) is 6.07 Å². The number of alkyl halides is 3. The number of hydrogen-bond acceptors (Lipinski definition) is 3.